The van der Waals surface area contributed by atoms with Crippen molar-refractivity contribution < 1.29 is 35.2 Å². The fourth-order valence-corrected chi connectivity index (χ4v) is 4.14. The number of hydrogen-bond donors (Lipinski definition) is 2. The van der Waals surface area contributed by atoms with E-state index in [2.05, 4.69) is 10.3 Å². The summed E-state index contributed by atoms with van der Waals surface area (Å²) in [5.41, 5.74) is -1.07. The van der Waals surface area contributed by atoms with Crippen molar-refractivity contribution in [3.05, 3.63) is 40.9 Å². The predicted molar refractivity (Wildman–Crippen MR) is 93.4 cm³/mol. The lowest BCUT2D eigenvalue weighted by Gasteiger charge is -2.16. The minimum absolute atomic E-state index is 0.0641. The molecule has 2 heterocycles. The molecule has 0 saturated carbocycles. The van der Waals surface area contributed by atoms with Crippen LogP contribution < -0.4 is 10.0 Å². The van der Waals surface area contributed by atoms with Gasteiger partial charge in [-0.3, -0.25) is 9.78 Å². The Kier molecular flexibility index (Phi) is 6.55. The minimum Gasteiger partial charge on any atom is -0.344 e. The number of sulfonamides is 1. The van der Waals surface area contributed by atoms with E-state index in [-0.39, 0.29) is 5.69 Å². The van der Waals surface area contributed by atoms with Gasteiger partial charge in [0, 0.05) is 25.1 Å². The Balaban J connectivity index is 2.33. The molecule has 0 radical (unpaired) electrons. The number of amides is 1. The van der Waals surface area contributed by atoms with Crippen molar-refractivity contribution in [1.82, 2.24) is 14.3 Å². The van der Waals surface area contributed by atoms with Crippen molar-refractivity contribution in [3.8, 4) is 0 Å². The molecule has 2 aromatic heterocycles. The average molecular weight is 461 g/mol. The van der Waals surface area contributed by atoms with Gasteiger partial charge in [0.05, 0.1) is 5.02 Å². The monoisotopic (exact) mass is 460 g/mol. The van der Waals surface area contributed by atoms with Gasteiger partial charge >= 0.3 is 6.18 Å². The number of rotatable bonds is 6. The number of halogens is 6. The molecule has 2 N–H and O–H groups in total. The van der Waals surface area contributed by atoms with Crippen molar-refractivity contribution in [3.63, 3.8) is 0 Å². The molecule has 160 valence electrons. The molecule has 1 amide bonds. The summed E-state index contributed by atoms with van der Waals surface area (Å²) in [6.45, 7) is 0.603. The lowest BCUT2D eigenvalue weighted by Crippen LogP contribution is -2.42. The smallest absolute Gasteiger partial charge is 0.344 e. The van der Waals surface area contributed by atoms with Crippen molar-refractivity contribution in [2.24, 2.45) is 7.05 Å². The maximum atomic E-state index is 12.7. The lowest BCUT2D eigenvalue weighted by molar-refractivity contribution is -0.147. The van der Waals surface area contributed by atoms with Crippen LogP contribution in [0.4, 0.5) is 27.6 Å². The third-order valence-corrected chi connectivity index (χ3v) is 5.72. The molecule has 2 rings (SSSR count). The van der Waals surface area contributed by atoms with Crippen LogP contribution >= 0.6 is 11.6 Å². The number of nitrogens with zero attached hydrogens (tertiary/aromatic N) is 2. The first kappa shape index (κ1) is 23.0. The number of nitrogens with one attached hydrogen (secondary N) is 2. The van der Waals surface area contributed by atoms with Gasteiger partial charge in [-0.25, -0.2) is 17.2 Å². The summed E-state index contributed by atoms with van der Waals surface area (Å²) in [6, 6.07) is -0.278. The van der Waals surface area contributed by atoms with E-state index in [1.807, 2.05) is 0 Å². The Bertz CT molecular complexity index is 1020. The Morgan fingerprint density at radius 2 is 1.93 bits per heavy atom. The van der Waals surface area contributed by atoms with Gasteiger partial charge in [0.25, 0.3) is 12.3 Å². The van der Waals surface area contributed by atoms with Crippen LogP contribution in [0.15, 0.2) is 29.4 Å². The van der Waals surface area contributed by atoms with Crippen LogP contribution in [-0.2, 0) is 17.1 Å². The van der Waals surface area contributed by atoms with E-state index in [1.165, 1.54) is 17.8 Å². The van der Waals surface area contributed by atoms with Crippen LogP contribution in [0, 0.1) is 0 Å². The van der Waals surface area contributed by atoms with E-state index < -0.39 is 55.9 Å². The van der Waals surface area contributed by atoms with Gasteiger partial charge in [0.15, 0.2) is 0 Å². The topological polar surface area (TPSA) is 93.1 Å². The molecule has 0 unspecified atom stereocenters. The Labute approximate surface area is 166 Å². The number of pyridine rings is 1. The van der Waals surface area contributed by atoms with Gasteiger partial charge in [-0.1, -0.05) is 11.6 Å². The summed E-state index contributed by atoms with van der Waals surface area (Å²) < 4.78 is 90.3. The molecule has 0 spiro atoms. The van der Waals surface area contributed by atoms with Crippen LogP contribution in [0.5, 0.6) is 0 Å². The predicted octanol–water partition coefficient (Wildman–Crippen LogP) is 3.49. The largest absolute Gasteiger partial charge is 0.404 e. The van der Waals surface area contributed by atoms with Crippen LogP contribution in [0.1, 0.15) is 29.5 Å². The normalized spacial score (nSPS) is 13.6. The molecule has 0 bridgehead atoms. The summed E-state index contributed by atoms with van der Waals surface area (Å²) in [6.07, 6.45) is -5.83. The number of hydrogen-bond acceptors (Lipinski definition) is 4. The fraction of sp³-hybridized carbons (Fsp3) is 0.333. The van der Waals surface area contributed by atoms with Crippen molar-refractivity contribution in [2.45, 2.75) is 30.5 Å². The van der Waals surface area contributed by atoms with Gasteiger partial charge in [-0.05, 0) is 19.1 Å². The third-order valence-electron chi connectivity index (χ3n) is 3.68. The molecule has 0 fully saturated rings. The van der Waals surface area contributed by atoms with Crippen LogP contribution in [-0.4, -0.2) is 36.1 Å². The molecule has 14 heteroatoms. The van der Waals surface area contributed by atoms with Gasteiger partial charge in [-0.2, -0.15) is 17.9 Å². The van der Waals surface area contributed by atoms with E-state index in [9.17, 15) is 35.2 Å². The van der Waals surface area contributed by atoms with Gasteiger partial charge in [0.2, 0.25) is 10.0 Å². The molecule has 0 aliphatic carbocycles. The molecule has 7 nitrogen and oxygen atoms in total. The fourth-order valence-electron chi connectivity index (χ4n) is 2.21. The maximum Gasteiger partial charge on any atom is 0.404 e. The lowest BCUT2D eigenvalue weighted by atomic mass is 10.3. The molecular weight excluding hydrogens is 447 g/mol. The number of alkyl halides is 5. The average Bonchev–Trinajstić information content (AvgIpc) is 2.89. The standard InChI is InChI=1S/C15H14ClF5N4O3S/c1-7(15(19,20)21)24-29(27,28)10-6-25(2)12(11(10)16)14(26)23-8-3-4-22-9(5-8)13(17)18/h3-7,13,24H,1-2H3,(H,22,23,26)/t7-/m1/s1. The van der Waals surface area contributed by atoms with Crippen molar-refractivity contribution in [1.29, 1.82) is 0 Å². The molecule has 1 atom stereocenters. The number of aryl methyl sites for hydroxylation is 1. The summed E-state index contributed by atoms with van der Waals surface area (Å²) in [5, 5.41) is 1.62. The van der Waals surface area contributed by atoms with Crippen molar-refractivity contribution >= 4 is 33.2 Å². The summed E-state index contributed by atoms with van der Waals surface area (Å²) in [4.78, 5) is 15.1. The van der Waals surface area contributed by atoms with E-state index in [4.69, 9.17) is 11.6 Å². The molecule has 0 aliphatic rings. The first-order valence-electron chi connectivity index (χ1n) is 7.73. The van der Waals surface area contributed by atoms with Crippen LogP contribution in [0.25, 0.3) is 0 Å². The van der Waals surface area contributed by atoms with E-state index in [1.54, 1.807) is 0 Å². The first-order valence-corrected chi connectivity index (χ1v) is 9.59. The molecule has 0 aromatic carbocycles. The second kappa shape index (κ2) is 8.24. The second-order valence-corrected chi connectivity index (χ2v) is 7.94. The highest BCUT2D eigenvalue weighted by molar-refractivity contribution is 7.89. The summed E-state index contributed by atoms with van der Waals surface area (Å²) in [5.74, 6) is -0.964. The van der Waals surface area contributed by atoms with Crippen LogP contribution in [0.3, 0.4) is 0 Å². The van der Waals surface area contributed by atoms with Gasteiger partial charge in [0.1, 0.15) is 22.3 Å². The zero-order valence-electron chi connectivity index (χ0n) is 14.8. The van der Waals surface area contributed by atoms with Crippen molar-refractivity contribution in [2.75, 3.05) is 5.32 Å². The maximum absolute atomic E-state index is 12.7. The summed E-state index contributed by atoms with van der Waals surface area (Å²) in [7, 11) is -3.47. The number of anilines is 1. The van der Waals surface area contributed by atoms with Crippen LogP contribution in [0.2, 0.25) is 5.02 Å². The van der Waals surface area contributed by atoms with Gasteiger partial charge < -0.3 is 9.88 Å². The first-order chi connectivity index (χ1) is 13.2. The highest BCUT2D eigenvalue weighted by Crippen LogP contribution is 2.30. The zero-order chi connectivity index (χ0) is 22.1. The summed E-state index contributed by atoms with van der Waals surface area (Å²) >= 11 is 5.94. The van der Waals surface area contributed by atoms with E-state index in [0.29, 0.717) is 6.92 Å². The Hall–Kier alpha value is -2.25. The van der Waals surface area contributed by atoms with E-state index >= 15 is 0 Å². The van der Waals surface area contributed by atoms with Gasteiger partial charge in [-0.15, -0.1) is 0 Å². The highest BCUT2D eigenvalue weighted by Gasteiger charge is 2.40. The minimum atomic E-state index is -4.84. The molecule has 2 aromatic rings. The molecular formula is C15H14ClF5N4O3S. The second-order valence-electron chi connectivity index (χ2n) is 5.88. The molecule has 0 saturated heterocycles. The molecule has 0 aliphatic heterocycles. The number of carbonyl (C=O) groups excluding carboxylic acids is 1. The molecule has 29 heavy (non-hydrogen) atoms. The Morgan fingerprint density at radius 3 is 2.48 bits per heavy atom. The van der Waals surface area contributed by atoms with E-state index in [0.717, 1.165) is 23.0 Å². The highest BCUT2D eigenvalue weighted by atomic mass is 35.5. The third kappa shape index (κ3) is 5.22. The number of carbonyl (C=O) groups is 1. The number of aromatic nitrogens is 2. The SMILES string of the molecule is C[C@@H](NS(=O)(=O)c1cn(C)c(C(=O)Nc2ccnc(C(F)F)c2)c1Cl)C(F)(F)F. The zero-order valence-corrected chi connectivity index (χ0v) is 16.3. The quantitative estimate of drug-likeness (QED) is 0.645. The Morgan fingerprint density at radius 1 is 1.31 bits per heavy atom.